The van der Waals surface area contributed by atoms with Crippen molar-refractivity contribution >= 4 is 15.9 Å². The van der Waals surface area contributed by atoms with Crippen molar-refractivity contribution in [3.05, 3.63) is 29.3 Å². The minimum absolute atomic E-state index is 0.0274. The van der Waals surface area contributed by atoms with Crippen LogP contribution in [0.5, 0.6) is 0 Å². The van der Waals surface area contributed by atoms with Crippen molar-refractivity contribution in [2.45, 2.75) is 44.2 Å². The summed E-state index contributed by atoms with van der Waals surface area (Å²) in [5.41, 5.74) is 1.41. The fourth-order valence-corrected chi connectivity index (χ4v) is 3.49. The lowest BCUT2D eigenvalue weighted by atomic mass is 9.94. The molecule has 0 unspecified atom stereocenters. The van der Waals surface area contributed by atoms with Crippen molar-refractivity contribution < 1.29 is 17.9 Å². The SMILES string of the molecule is Cc1cc(CNC(=O)[C@@H]2CCCO[C@H]2C)ccc1S(N)(=O)=O. The number of benzene rings is 1. The van der Waals surface area contributed by atoms with Crippen molar-refractivity contribution in [2.75, 3.05) is 6.61 Å². The maximum Gasteiger partial charge on any atom is 0.238 e. The summed E-state index contributed by atoms with van der Waals surface area (Å²) in [6.07, 6.45) is 1.65. The third kappa shape index (κ3) is 4.06. The number of ether oxygens (including phenoxy) is 1. The summed E-state index contributed by atoms with van der Waals surface area (Å²) in [7, 11) is -3.71. The topological polar surface area (TPSA) is 98.5 Å². The Morgan fingerprint density at radius 1 is 1.45 bits per heavy atom. The molecular weight excluding hydrogens is 304 g/mol. The number of sulfonamides is 1. The highest BCUT2D eigenvalue weighted by atomic mass is 32.2. The summed E-state index contributed by atoms with van der Waals surface area (Å²) in [6, 6.07) is 4.85. The van der Waals surface area contributed by atoms with Crippen LogP contribution in [0.1, 0.15) is 30.9 Å². The summed E-state index contributed by atoms with van der Waals surface area (Å²) < 4.78 is 28.2. The highest BCUT2D eigenvalue weighted by molar-refractivity contribution is 7.89. The van der Waals surface area contributed by atoms with Gasteiger partial charge in [0.05, 0.1) is 16.9 Å². The second-order valence-corrected chi connectivity index (χ2v) is 7.22. The van der Waals surface area contributed by atoms with Gasteiger partial charge in [0.15, 0.2) is 0 Å². The minimum Gasteiger partial charge on any atom is -0.378 e. The molecule has 0 aliphatic carbocycles. The Morgan fingerprint density at radius 3 is 2.77 bits per heavy atom. The first-order valence-corrected chi connectivity index (χ1v) is 8.85. The van der Waals surface area contributed by atoms with Gasteiger partial charge in [-0.1, -0.05) is 12.1 Å². The largest absolute Gasteiger partial charge is 0.378 e. The van der Waals surface area contributed by atoms with Crippen LogP contribution in [-0.4, -0.2) is 27.0 Å². The van der Waals surface area contributed by atoms with Crippen molar-refractivity contribution in [3.8, 4) is 0 Å². The standard InChI is InChI=1S/C15H22N2O4S/c1-10-8-12(5-6-14(10)22(16,19)20)9-17-15(18)13-4-3-7-21-11(13)2/h5-6,8,11,13H,3-4,7,9H2,1-2H3,(H,17,18)(H2,16,19,20)/t11-,13+/m0/s1. The molecule has 1 fully saturated rings. The van der Waals surface area contributed by atoms with Crippen LogP contribution in [0.4, 0.5) is 0 Å². The first kappa shape index (κ1) is 16.9. The molecule has 2 rings (SSSR count). The van der Waals surface area contributed by atoms with Crippen molar-refractivity contribution in [3.63, 3.8) is 0 Å². The van der Waals surface area contributed by atoms with Gasteiger partial charge in [-0.2, -0.15) is 0 Å². The monoisotopic (exact) mass is 326 g/mol. The van der Waals surface area contributed by atoms with Crippen LogP contribution in [-0.2, 0) is 26.1 Å². The zero-order chi connectivity index (χ0) is 16.3. The average Bonchev–Trinajstić information content (AvgIpc) is 2.44. The molecule has 22 heavy (non-hydrogen) atoms. The van der Waals surface area contributed by atoms with Crippen LogP contribution in [0.15, 0.2) is 23.1 Å². The number of carbonyl (C=O) groups excluding carboxylic acids is 1. The zero-order valence-electron chi connectivity index (χ0n) is 12.8. The lowest BCUT2D eigenvalue weighted by Gasteiger charge is -2.28. The predicted octanol–water partition coefficient (Wildman–Crippen LogP) is 1.07. The molecule has 3 N–H and O–H groups in total. The predicted molar refractivity (Wildman–Crippen MR) is 82.5 cm³/mol. The van der Waals surface area contributed by atoms with Crippen LogP contribution in [0.3, 0.4) is 0 Å². The van der Waals surface area contributed by atoms with Gasteiger partial charge in [-0.25, -0.2) is 13.6 Å². The maximum absolute atomic E-state index is 12.2. The fourth-order valence-electron chi connectivity index (χ4n) is 2.73. The summed E-state index contributed by atoms with van der Waals surface area (Å²) in [5.74, 6) is -0.154. The van der Waals surface area contributed by atoms with Gasteiger partial charge in [0.2, 0.25) is 15.9 Å². The highest BCUT2D eigenvalue weighted by Gasteiger charge is 2.28. The van der Waals surface area contributed by atoms with Crippen molar-refractivity contribution in [2.24, 2.45) is 11.1 Å². The van der Waals surface area contributed by atoms with E-state index in [1.807, 2.05) is 6.92 Å². The fraction of sp³-hybridized carbons (Fsp3) is 0.533. The van der Waals surface area contributed by atoms with Crippen molar-refractivity contribution in [1.29, 1.82) is 0 Å². The number of amides is 1. The normalized spacial score (nSPS) is 22.3. The molecule has 1 aromatic carbocycles. The highest BCUT2D eigenvalue weighted by Crippen LogP contribution is 2.21. The average molecular weight is 326 g/mol. The molecule has 1 saturated heterocycles. The molecular formula is C15H22N2O4S. The number of nitrogens with two attached hydrogens (primary N) is 1. The maximum atomic E-state index is 12.2. The zero-order valence-corrected chi connectivity index (χ0v) is 13.7. The molecule has 1 amide bonds. The third-order valence-electron chi connectivity index (χ3n) is 3.96. The van der Waals surface area contributed by atoms with E-state index < -0.39 is 10.0 Å². The van der Waals surface area contributed by atoms with Gasteiger partial charge in [-0.15, -0.1) is 0 Å². The Hall–Kier alpha value is -1.44. The van der Waals surface area contributed by atoms with Crippen LogP contribution >= 0.6 is 0 Å². The van der Waals surface area contributed by atoms with Crippen LogP contribution in [0.25, 0.3) is 0 Å². The number of primary sulfonamides is 1. The van der Waals surface area contributed by atoms with E-state index in [1.165, 1.54) is 6.07 Å². The van der Waals surface area contributed by atoms with Gasteiger partial charge in [0.25, 0.3) is 0 Å². The number of nitrogens with one attached hydrogen (secondary N) is 1. The van der Waals surface area contributed by atoms with Gasteiger partial charge in [0.1, 0.15) is 0 Å². The molecule has 1 aliphatic rings. The lowest BCUT2D eigenvalue weighted by Crippen LogP contribution is -2.39. The first-order chi connectivity index (χ1) is 10.3. The molecule has 1 heterocycles. The molecule has 0 saturated carbocycles. The van der Waals surface area contributed by atoms with Gasteiger partial charge >= 0.3 is 0 Å². The van der Waals surface area contributed by atoms with E-state index >= 15 is 0 Å². The van der Waals surface area contributed by atoms with E-state index in [0.29, 0.717) is 18.7 Å². The van der Waals surface area contributed by atoms with Crippen molar-refractivity contribution in [1.82, 2.24) is 5.32 Å². The van der Waals surface area contributed by atoms with Gasteiger partial charge in [-0.05, 0) is 43.9 Å². The van der Waals surface area contributed by atoms with E-state index in [9.17, 15) is 13.2 Å². The van der Waals surface area contributed by atoms with Crippen LogP contribution < -0.4 is 10.5 Å². The van der Waals surface area contributed by atoms with Gasteiger partial charge in [0, 0.05) is 13.2 Å². The van der Waals surface area contributed by atoms with Crippen LogP contribution in [0, 0.1) is 12.8 Å². The Bertz CT molecular complexity index is 658. The van der Waals surface area contributed by atoms with Gasteiger partial charge in [-0.3, -0.25) is 4.79 Å². The number of aryl methyl sites for hydroxylation is 1. The molecule has 122 valence electrons. The molecule has 7 heteroatoms. The minimum atomic E-state index is -3.71. The summed E-state index contributed by atoms with van der Waals surface area (Å²) in [4.78, 5) is 12.3. The van der Waals surface area contributed by atoms with E-state index in [1.54, 1.807) is 19.1 Å². The molecule has 2 atom stereocenters. The Kier molecular flexibility index (Phi) is 5.20. The Balaban J connectivity index is 2.00. The number of hydrogen-bond acceptors (Lipinski definition) is 4. The van der Waals surface area contributed by atoms with Gasteiger partial charge < -0.3 is 10.1 Å². The molecule has 1 aliphatic heterocycles. The van der Waals surface area contributed by atoms with Crippen LogP contribution in [0.2, 0.25) is 0 Å². The molecule has 0 spiro atoms. The number of carbonyl (C=O) groups is 1. The summed E-state index contributed by atoms with van der Waals surface area (Å²) in [6.45, 7) is 4.66. The van der Waals surface area contributed by atoms with E-state index in [-0.39, 0.29) is 22.8 Å². The Morgan fingerprint density at radius 2 is 2.18 bits per heavy atom. The number of rotatable bonds is 4. The van der Waals surface area contributed by atoms with E-state index in [4.69, 9.17) is 9.88 Å². The number of hydrogen-bond donors (Lipinski definition) is 2. The first-order valence-electron chi connectivity index (χ1n) is 7.30. The third-order valence-corrected chi connectivity index (χ3v) is 5.03. The second-order valence-electron chi connectivity index (χ2n) is 5.69. The lowest BCUT2D eigenvalue weighted by molar-refractivity contribution is -0.133. The summed E-state index contributed by atoms with van der Waals surface area (Å²) >= 11 is 0. The molecule has 0 aromatic heterocycles. The van der Waals surface area contributed by atoms with E-state index in [0.717, 1.165) is 18.4 Å². The quantitative estimate of drug-likeness (QED) is 0.864. The molecule has 0 bridgehead atoms. The van der Waals surface area contributed by atoms with E-state index in [2.05, 4.69) is 5.32 Å². The molecule has 6 nitrogen and oxygen atoms in total. The second kappa shape index (κ2) is 6.76. The molecule has 1 aromatic rings. The summed E-state index contributed by atoms with van der Waals surface area (Å²) in [5, 5.41) is 8.02. The smallest absolute Gasteiger partial charge is 0.238 e. The Labute approximate surface area is 131 Å². The molecule has 0 radical (unpaired) electrons.